The molecule has 1 aliphatic rings. The molecule has 0 saturated heterocycles. The fourth-order valence-electron chi connectivity index (χ4n) is 1.76. The zero-order valence-electron chi connectivity index (χ0n) is 8.19. The lowest BCUT2D eigenvalue weighted by atomic mass is 10.0. The van der Waals surface area contributed by atoms with Gasteiger partial charge in [-0.15, -0.1) is 0 Å². The Morgan fingerprint density at radius 1 is 1.53 bits per heavy atom. The number of carbonyl (C=O) groups excluding carboxylic acids is 2. The average molecular weight is 203 g/mol. The predicted octanol–water partition coefficient (Wildman–Crippen LogP) is 0.251. The van der Waals surface area contributed by atoms with Crippen LogP contribution in [0.3, 0.4) is 0 Å². The van der Waals surface area contributed by atoms with Crippen LogP contribution in [0.5, 0.6) is 0 Å². The number of anilines is 1. The predicted molar refractivity (Wildman–Crippen MR) is 55.1 cm³/mol. The van der Waals surface area contributed by atoms with Crippen LogP contribution in [0, 0.1) is 6.07 Å². The Kier molecular flexibility index (Phi) is 2.41. The summed E-state index contributed by atoms with van der Waals surface area (Å²) in [4.78, 5) is 23.9. The van der Waals surface area contributed by atoms with Crippen LogP contribution in [0.2, 0.25) is 0 Å². The fourth-order valence-corrected chi connectivity index (χ4v) is 1.76. The molecule has 1 aliphatic heterocycles. The van der Waals surface area contributed by atoms with Crippen LogP contribution in [0.1, 0.15) is 12.0 Å². The summed E-state index contributed by atoms with van der Waals surface area (Å²) >= 11 is 0. The van der Waals surface area contributed by atoms with Crippen LogP contribution in [0.25, 0.3) is 0 Å². The van der Waals surface area contributed by atoms with Crippen molar-refractivity contribution in [3.63, 3.8) is 0 Å². The molecule has 0 bridgehead atoms. The van der Waals surface area contributed by atoms with Gasteiger partial charge in [-0.2, -0.15) is 0 Å². The minimum Gasteiger partial charge on any atom is -0.368 e. The number of benzene rings is 1. The maximum absolute atomic E-state index is 11.6. The van der Waals surface area contributed by atoms with E-state index in [9.17, 15) is 9.59 Å². The standard InChI is InChI=1S/C11H11N2O2/c12-10(14)7-13-9-4-2-1-3-8(9)5-6-11(13)15/h1,3-4H,5-7H2,(H2,12,14). The number of hydrogen-bond donors (Lipinski definition) is 1. The van der Waals surface area contributed by atoms with E-state index in [0.717, 1.165) is 17.7 Å². The highest BCUT2D eigenvalue weighted by molar-refractivity contribution is 6.00. The summed E-state index contributed by atoms with van der Waals surface area (Å²) in [5.41, 5.74) is 6.92. The first-order valence-corrected chi connectivity index (χ1v) is 4.76. The lowest BCUT2D eigenvalue weighted by Gasteiger charge is -2.28. The lowest BCUT2D eigenvalue weighted by Crippen LogP contribution is -2.41. The van der Waals surface area contributed by atoms with Gasteiger partial charge in [-0.05, 0) is 24.1 Å². The first kappa shape index (κ1) is 9.71. The van der Waals surface area contributed by atoms with Crippen LogP contribution in [0.4, 0.5) is 5.69 Å². The molecular weight excluding hydrogens is 192 g/mol. The third-order valence-corrected chi connectivity index (χ3v) is 2.44. The minimum atomic E-state index is -0.500. The molecule has 0 spiro atoms. The largest absolute Gasteiger partial charge is 0.368 e. The van der Waals surface area contributed by atoms with Crippen LogP contribution in [-0.2, 0) is 16.0 Å². The second-order valence-electron chi connectivity index (χ2n) is 3.50. The number of rotatable bonds is 2. The van der Waals surface area contributed by atoms with Gasteiger partial charge in [-0.3, -0.25) is 9.59 Å². The van der Waals surface area contributed by atoms with Crippen molar-refractivity contribution >= 4 is 17.5 Å². The van der Waals surface area contributed by atoms with Crippen molar-refractivity contribution in [3.05, 3.63) is 29.8 Å². The summed E-state index contributed by atoms with van der Waals surface area (Å²) in [7, 11) is 0. The first-order valence-electron chi connectivity index (χ1n) is 4.76. The second kappa shape index (κ2) is 3.73. The number of amides is 2. The maximum atomic E-state index is 11.6. The third-order valence-electron chi connectivity index (χ3n) is 2.44. The van der Waals surface area contributed by atoms with Crippen molar-refractivity contribution in [1.82, 2.24) is 0 Å². The molecule has 2 amide bonds. The molecular formula is C11H11N2O2. The molecule has 0 aliphatic carbocycles. The number of primary amides is 1. The van der Waals surface area contributed by atoms with Crippen molar-refractivity contribution in [2.45, 2.75) is 12.8 Å². The minimum absolute atomic E-state index is 0.0519. The van der Waals surface area contributed by atoms with Crippen molar-refractivity contribution in [3.8, 4) is 0 Å². The lowest BCUT2D eigenvalue weighted by molar-refractivity contribution is -0.122. The van der Waals surface area contributed by atoms with Crippen molar-refractivity contribution < 1.29 is 9.59 Å². The summed E-state index contributed by atoms with van der Waals surface area (Å²) in [6.07, 6.45) is 1.16. The number of carbonyl (C=O) groups is 2. The topological polar surface area (TPSA) is 63.4 Å². The highest BCUT2D eigenvalue weighted by Crippen LogP contribution is 2.26. The van der Waals surface area contributed by atoms with Gasteiger partial charge in [0.25, 0.3) is 0 Å². The Morgan fingerprint density at radius 2 is 2.33 bits per heavy atom. The van der Waals surface area contributed by atoms with E-state index < -0.39 is 5.91 Å². The van der Waals surface area contributed by atoms with E-state index in [2.05, 4.69) is 6.07 Å². The normalized spacial score (nSPS) is 14.9. The van der Waals surface area contributed by atoms with E-state index in [0.29, 0.717) is 6.42 Å². The van der Waals surface area contributed by atoms with E-state index in [-0.39, 0.29) is 12.5 Å². The van der Waals surface area contributed by atoms with Gasteiger partial charge in [-0.1, -0.05) is 12.1 Å². The number of hydrogen-bond acceptors (Lipinski definition) is 2. The molecule has 0 aromatic heterocycles. The van der Waals surface area contributed by atoms with Crippen LogP contribution in [-0.4, -0.2) is 18.4 Å². The number of nitrogens with two attached hydrogens (primary N) is 1. The Morgan fingerprint density at radius 3 is 3.07 bits per heavy atom. The van der Waals surface area contributed by atoms with Crippen LogP contribution >= 0.6 is 0 Å². The van der Waals surface area contributed by atoms with Crippen molar-refractivity contribution in [1.29, 1.82) is 0 Å². The molecule has 4 heteroatoms. The zero-order valence-corrected chi connectivity index (χ0v) is 8.19. The molecule has 1 aromatic carbocycles. The summed E-state index contributed by atoms with van der Waals surface area (Å²) in [5, 5.41) is 0. The quantitative estimate of drug-likeness (QED) is 0.749. The SMILES string of the molecule is NC(=O)CN1C(=O)CCc2cc[c]cc21. The Bertz CT molecular complexity index is 415. The van der Waals surface area contributed by atoms with E-state index >= 15 is 0 Å². The number of nitrogens with zero attached hydrogens (tertiary/aromatic N) is 1. The van der Waals surface area contributed by atoms with Gasteiger partial charge in [0.05, 0.1) is 0 Å². The van der Waals surface area contributed by atoms with Gasteiger partial charge in [-0.25, -0.2) is 0 Å². The van der Waals surface area contributed by atoms with Gasteiger partial charge in [0, 0.05) is 12.1 Å². The average Bonchev–Trinajstić information content (AvgIpc) is 2.22. The summed E-state index contributed by atoms with van der Waals surface area (Å²) in [6.45, 7) is -0.0519. The van der Waals surface area contributed by atoms with E-state index in [1.54, 1.807) is 12.1 Å². The van der Waals surface area contributed by atoms with E-state index in [1.165, 1.54) is 4.90 Å². The molecule has 0 atom stereocenters. The third kappa shape index (κ3) is 1.83. The smallest absolute Gasteiger partial charge is 0.237 e. The van der Waals surface area contributed by atoms with Gasteiger partial charge < -0.3 is 10.6 Å². The molecule has 0 fully saturated rings. The number of aryl methyl sites for hydroxylation is 1. The van der Waals surface area contributed by atoms with E-state index in [1.807, 2.05) is 6.07 Å². The molecule has 4 nitrogen and oxygen atoms in total. The second-order valence-corrected chi connectivity index (χ2v) is 3.50. The van der Waals surface area contributed by atoms with Crippen molar-refractivity contribution in [2.24, 2.45) is 5.73 Å². The van der Waals surface area contributed by atoms with Gasteiger partial charge in [0.2, 0.25) is 11.8 Å². The molecule has 0 unspecified atom stereocenters. The molecule has 0 saturated carbocycles. The summed E-state index contributed by atoms with van der Waals surface area (Å²) in [6, 6.07) is 8.33. The monoisotopic (exact) mass is 203 g/mol. The fraction of sp³-hybridized carbons (Fsp3) is 0.273. The van der Waals surface area contributed by atoms with Crippen LogP contribution in [0.15, 0.2) is 18.2 Å². The molecule has 77 valence electrons. The highest BCUT2D eigenvalue weighted by atomic mass is 16.2. The number of fused-ring (bicyclic) bond motifs is 1. The Hall–Kier alpha value is -1.84. The Balaban J connectivity index is 2.37. The van der Waals surface area contributed by atoms with E-state index in [4.69, 9.17) is 5.73 Å². The first-order chi connectivity index (χ1) is 7.18. The molecule has 1 aromatic rings. The summed E-state index contributed by atoms with van der Waals surface area (Å²) < 4.78 is 0. The van der Waals surface area contributed by atoms with Crippen LogP contribution < -0.4 is 10.6 Å². The molecule has 1 radical (unpaired) electrons. The molecule has 15 heavy (non-hydrogen) atoms. The molecule has 2 N–H and O–H groups in total. The van der Waals surface area contributed by atoms with Gasteiger partial charge >= 0.3 is 0 Å². The Labute approximate surface area is 87.7 Å². The summed E-state index contributed by atoms with van der Waals surface area (Å²) in [5.74, 6) is -0.555. The maximum Gasteiger partial charge on any atom is 0.237 e. The zero-order chi connectivity index (χ0) is 10.8. The van der Waals surface area contributed by atoms with Gasteiger partial charge in [0.15, 0.2) is 0 Å². The molecule has 2 rings (SSSR count). The van der Waals surface area contributed by atoms with Crippen molar-refractivity contribution in [2.75, 3.05) is 11.4 Å². The highest BCUT2D eigenvalue weighted by Gasteiger charge is 2.24. The molecule has 1 heterocycles. The van der Waals surface area contributed by atoms with Gasteiger partial charge in [0.1, 0.15) is 6.54 Å².